The van der Waals surface area contributed by atoms with E-state index in [4.69, 9.17) is 0 Å². The lowest BCUT2D eigenvalue weighted by Gasteiger charge is -2.18. The molecular formula is C15H20N4O2S2. The van der Waals surface area contributed by atoms with Crippen molar-refractivity contribution in [2.45, 2.75) is 25.7 Å². The highest BCUT2D eigenvalue weighted by Gasteiger charge is 2.21. The van der Waals surface area contributed by atoms with E-state index in [9.17, 15) is 8.42 Å². The lowest BCUT2D eigenvalue weighted by molar-refractivity contribution is 0.445. The zero-order valence-electron chi connectivity index (χ0n) is 13.4. The summed E-state index contributed by atoms with van der Waals surface area (Å²) < 4.78 is 26.1. The van der Waals surface area contributed by atoms with Gasteiger partial charge in [-0.2, -0.15) is 9.41 Å². The van der Waals surface area contributed by atoms with Gasteiger partial charge in [-0.1, -0.05) is 13.8 Å². The zero-order valence-corrected chi connectivity index (χ0v) is 15.0. The van der Waals surface area contributed by atoms with E-state index in [0.717, 1.165) is 4.88 Å². The first-order valence-electron chi connectivity index (χ1n) is 7.29. The SMILES string of the molecule is CCN(CC)S(=O)(=O)c1ccc(NN=Cc2ccc(C)s2)nc1. The van der Waals surface area contributed by atoms with Crippen LogP contribution in [0.3, 0.4) is 0 Å². The number of aryl methyl sites for hydroxylation is 1. The van der Waals surface area contributed by atoms with Gasteiger partial charge in [0.25, 0.3) is 0 Å². The van der Waals surface area contributed by atoms with Crippen LogP contribution in [0, 0.1) is 6.92 Å². The molecule has 2 aromatic heterocycles. The number of hydrazone groups is 1. The molecule has 0 aliphatic carbocycles. The van der Waals surface area contributed by atoms with Crippen molar-refractivity contribution in [1.29, 1.82) is 0 Å². The van der Waals surface area contributed by atoms with Gasteiger partial charge in [0.1, 0.15) is 10.7 Å². The van der Waals surface area contributed by atoms with Crippen molar-refractivity contribution in [3.05, 3.63) is 40.2 Å². The molecule has 0 atom stereocenters. The number of sulfonamides is 1. The van der Waals surface area contributed by atoms with E-state index in [0.29, 0.717) is 18.9 Å². The largest absolute Gasteiger partial charge is 0.261 e. The number of anilines is 1. The monoisotopic (exact) mass is 352 g/mol. The van der Waals surface area contributed by atoms with Crippen LogP contribution in [0.25, 0.3) is 0 Å². The zero-order chi connectivity index (χ0) is 16.9. The summed E-state index contributed by atoms with van der Waals surface area (Å²) in [5.74, 6) is 0.494. The number of nitrogens with zero attached hydrogens (tertiary/aromatic N) is 3. The molecule has 0 aromatic carbocycles. The molecule has 2 aromatic rings. The summed E-state index contributed by atoms with van der Waals surface area (Å²) in [5, 5.41) is 4.10. The van der Waals surface area contributed by atoms with Gasteiger partial charge in [0.05, 0.1) is 6.21 Å². The first-order chi connectivity index (χ1) is 11.0. The molecule has 8 heteroatoms. The Bertz CT molecular complexity index is 763. The van der Waals surface area contributed by atoms with Crippen molar-refractivity contribution < 1.29 is 8.42 Å². The van der Waals surface area contributed by atoms with Crippen LogP contribution in [0.15, 0.2) is 40.5 Å². The minimum atomic E-state index is -3.47. The Morgan fingerprint density at radius 3 is 2.52 bits per heavy atom. The molecule has 0 unspecified atom stereocenters. The fraction of sp³-hybridized carbons (Fsp3) is 0.333. The van der Waals surface area contributed by atoms with E-state index in [1.807, 2.05) is 32.9 Å². The van der Waals surface area contributed by atoms with E-state index in [1.54, 1.807) is 23.6 Å². The fourth-order valence-corrected chi connectivity index (χ4v) is 4.15. The lowest BCUT2D eigenvalue weighted by Crippen LogP contribution is -2.30. The Balaban J connectivity index is 2.06. The van der Waals surface area contributed by atoms with Crippen LogP contribution < -0.4 is 5.43 Å². The molecule has 0 aliphatic heterocycles. The second-order valence-corrected chi connectivity index (χ2v) is 8.04. The highest BCUT2D eigenvalue weighted by Crippen LogP contribution is 2.16. The number of aromatic nitrogens is 1. The normalized spacial score (nSPS) is 12.2. The van der Waals surface area contributed by atoms with Gasteiger partial charge in [-0.3, -0.25) is 5.43 Å². The van der Waals surface area contributed by atoms with Gasteiger partial charge in [0.15, 0.2) is 0 Å². The van der Waals surface area contributed by atoms with Crippen LogP contribution in [0.1, 0.15) is 23.6 Å². The van der Waals surface area contributed by atoms with Crippen molar-refractivity contribution in [2.24, 2.45) is 5.10 Å². The minimum absolute atomic E-state index is 0.185. The average Bonchev–Trinajstić information content (AvgIpc) is 2.94. The Morgan fingerprint density at radius 2 is 2.00 bits per heavy atom. The lowest BCUT2D eigenvalue weighted by atomic mass is 10.4. The van der Waals surface area contributed by atoms with Gasteiger partial charge in [0, 0.05) is 29.0 Å². The highest BCUT2D eigenvalue weighted by atomic mass is 32.2. The first kappa shape index (κ1) is 17.6. The third-order valence-corrected chi connectivity index (χ3v) is 6.18. The molecule has 0 radical (unpaired) electrons. The van der Waals surface area contributed by atoms with Gasteiger partial charge in [-0.15, -0.1) is 11.3 Å². The predicted molar refractivity (Wildman–Crippen MR) is 94.6 cm³/mol. The van der Waals surface area contributed by atoms with Gasteiger partial charge in [-0.05, 0) is 31.2 Å². The molecule has 0 fully saturated rings. The molecule has 1 N–H and O–H groups in total. The highest BCUT2D eigenvalue weighted by molar-refractivity contribution is 7.89. The second-order valence-electron chi connectivity index (χ2n) is 4.79. The maximum atomic E-state index is 12.3. The van der Waals surface area contributed by atoms with E-state index < -0.39 is 10.0 Å². The maximum absolute atomic E-state index is 12.3. The van der Waals surface area contributed by atoms with E-state index in [-0.39, 0.29) is 4.90 Å². The summed E-state index contributed by atoms with van der Waals surface area (Å²) in [7, 11) is -3.47. The molecule has 2 rings (SSSR count). The summed E-state index contributed by atoms with van der Waals surface area (Å²) in [4.78, 5) is 6.55. The van der Waals surface area contributed by atoms with Gasteiger partial charge in [0.2, 0.25) is 10.0 Å². The molecule has 0 spiro atoms. The summed E-state index contributed by atoms with van der Waals surface area (Å²) >= 11 is 1.64. The second kappa shape index (κ2) is 7.67. The van der Waals surface area contributed by atoms with Crippen LogP contribution >= 0.6 is 11.3 Å². The fourth-order valence-electron chi connectivity index (χ4n) is 2.00. The number of thiophene rings is 1. The van der Waals surface area contributed by atoms with Crippen molar-refractivity contribution in [3.8, 4) is 0 Å². The van der Waals surface area contributed by atoms with Crippen LogP contribution in [0.4, 0.5) is 5.82 Å². The van der Waals surface area contributed by atoms with Crippen LogP contribution in [-0.2, 0) is 10.0 Å². The Hall–Kier alpha value is -1.77. The summed E-state index contributed by atoms with van der Waals surface area (Å²) in [6.45, 7) is 6.52. The maximum Gasteiger partial charge on any atom is 0.244 e. The quantitative estimate of drug-likeness (QED) is 0.614. The van der Waals surface area contributed by atoms with Crippen LogP contribution in [-0.4, -0.2) is 37.0 Å². The van der Waals surface area contributed by atoms with Crippen molar-refractivity contribution >= 4 is 33.4 Å². The van der Waals surface area contributed by atoms with Crippen molar-refractivity contribution in [2.75, 3.05) is 18.5 Å². The Labute approximate surface area is 140 Å². The third kappa shape index (κ3) is 4.37. The third-order valence-electron chi connectivity index (χ3n) is 3.21. The average molecular weight is 352 g/mol. The number of hydrogen-bond donors (Lipinski definition) is 1. The summed E-state index contributed by atoms with van der Waals surface area (Å²) in [5.41, 5.74) is 2.79. The Morgan fingerprint density at radius 1 is 1.26 bits per heavy atom. The van der Waals surface area contributed by atoms with Crippen LogP contribution in [0.5, 0.6) is 0 Å². The number of rotatable bonds is 7. The number of hydrogen-bond acceptors (Lipinski definition) is 6. The topological polar surface area (TPSA) is 74.7 Å². The van der Waals surface area contributed by atoms with E-state index >= 15 is 0 Å². The smallest absolute Gasteiger partial charge is 0.244 e. The molecule has 0 saturated heterocycles. The summed E-state index contributed by atoms with van der Waals surface area (Å²) in [6, 6.07) is 7.15. The molecular weight excluding hydrogens is 332 g/mol. The molecule has 0 bridgehead atoms. The van der Waals surface area contributed by atoms with Crippen molar-refractivity contribution in [1.82, 2.24) is 9.29 Å². The van der Waals surface area contributed by atoms with E-state index in [1.165, 1.54) is 21.4 Å². The molecule has 23 heavy (non-hydrogen) atoms. The van der Waals surface area contributed by atoms with Crippen LogP contribution in [0.2, 0.25) is 0 Å². The Kier molecular flexibility index (Phi) is 5.86. The number of pyridine rings is 1. The molecule has 124 valence electrons. The standard InChI is InChI=1S/C15H20N4O2S2/c1-4-19(5-2)23(20,21)14-8-9-15(16-11-14)18-17-10-13-7-6-12(3)22-13/h6-11H,4-5H2,1-3H3,(H,16,18). The summed E-state index contributed by atoms with van der Waals surface area (Å²) in [6.07, 6.45) is 3.06. The molecule has 6 nitrogen and oxygen atoms in total. The molecule has 2 heterocycles. The molecule has 0 saturated carbocycles. The van der Waals surface area contributed by atoms with Gasteiger partial charge < -0.3 is 0 Å². The minimum Gasteiger partial charge on any atom is -0.261 e. The number of nitrogens with one attached hydrogen (secondary N) is 1. The van der Waals surface area contributed by atoms with Gasteiger partial charge in [-0.25, -0.2) is 13.4 Å². The van der Waals surface area contributed by atoms with Crippen molar-refractivity contribution in [3.63, 3.8) is 0 Å². The first-order valence-corrected chi connectivity index (χ1v) is 9.54. The van der Waals surface area contributed by atoms with Gasteiger partial charge >= 0.3 is 0 Å². The van der Waals surface area contributed by atoms with E-state index in [2.05, 4.69) is 15.5 Å². The molecule has 0 amide bonds. The predicted octanol–water partition coefficient (Wildman–Crippen LogP) is 2.93. The molecule has 0 aliphatic rings.